The van der Waals surface area contributed by atoms with Crippen LogP contribution >= 0.6 is 11.6 Å². The maximum atomic E-state index is 11.2. The summed E-state index contributed by atoms with van der Waals surface area (Å²) >= 11 is 6.06. The van der Waals surface area contributed by atoms with Crippen molar-refractivity contribution in [3.8, 4) is 16.8 Å². The topological polar surface area (TPSA) is 104 Å². The van der Waals surface area contributed by atoms with E-state index < -0.39 is 5.91 Å². The molecule has 9 heteroatoms. The average molecular weight is 448 g/mol. The first-order valence-corrected chi connectivity index (χ1v) is 10.7. The lowest BCUT2D eigenvalue weighted by Crippen LogP contribution is -2.18. The Labute approximate surface area is 190 Å². The first-order chi connectivity index (χ1) is 15.5. The number of aryl methyl sites for hydroxylation is 2. The Morgan fingerprint density at radius 1 is 1.19 bits per heavy atom. The van der Waals surface area contributed by atoms with Gasteiger partial charge in [0.15, 0.2) is 0 Å². The zero-order chi connectivity index (χ0) is 22.2. The van der Waals surface area contributed by atoms with E-state index in [0.717, 1.165) is 52.6 Å². The number of nitrogens with one attached hydrogen (secondary N) is 1. The molecule has 0 radical (unpaired) electrons. The summed E-state index contributed by atoms with van der Waals surface area (Å²) in [7, 11) is 0. The van der Waals surface area contributed by atoms with Crippen LogP contribution < -0.4 is 11.1 Å². The van der Waals surface area contributed by atoms with Crippen molar-refractivity contribution in [2.75, 3.05) is 5.32 Å². The van der Waals surface area contributed by atoms with E-state index in [-0.39, 0.29) is 12.6 Å². The van der Waals surface area contributed by atoms with E-state index in [4.69, 9.17) is 17.3 Å². The van der Waals surface area contributed by atoms with E-state index in [1.54, 1.807) is 10.9 Å². The minimum absolute atomic E-state index is 0.0505. The third kappa shape index (κ3) is 3.85. The minimum atomic E-state index is -0.426. The summed E-state index contributed by atoms with van der Waals surface area (Å²) in [4.78, 5) is 11.2. The van der Waals surface area contributed by atoms with E-state index >= 15 is 0 Å². The second-order valence-electron chi connectivity index (χ2n) is 7.91. The number of hydrogen-bond donors (Lipinski definition) is 2. The number of rotatable bonds is 5. The number of amides is 1. The number of hydrogen-bond acceptors (Lipinski definition) is 5. The zero-order valence-corrected chi connectivity index (χ0v) is 18.3. The maximum Gasteiger partial charge on any atom is 0.239 e. The summed E-state index contributed by atoms with van der Waals surface area (Å²) in [6.45, 7) is 2.02. The quantitative estimate of drug-likeness (QED) is 0.485. The molecule has 162 valence electrons. The lowest BCUT2D eigenvalue weighted by Gasteiger charge is -2.22. The lowest BCUT2D eigenvalue weighted by molar-refractivity contribution is -0.118. The largest absolute Gasteiger partial charge is 0.378 e. The van der Waals surface area contributed by atoms with Crippen LogP contribution in [0.2, 0.25) is 5.02 Å². The first-order valence-electron chi connectivity index (χ1n) is 10.4. The molecule has 0 fully saturated rings. The van der Waals surface area contributed by atoms with Gasteiger partial charge >= 0.3 is 0 Å². The van der Waals surface area contributed by atoms with Crippen molar-refractivity contribution in [1.29, 1.82) is 0 Å². The van der Waals surface area contributed by atoms with E-state index in [1.807, 2.05) is 37.4 Å². The van der Waals surface area contributed by atoms with Gasteiger partial charge in [-0.1, -0.05) is 17.7 Å². The number of fused-ring (bicyclic) bond motifs is 3. The van der Waals surface area contributed by atoms with Crippen LogP contribution in [-0.4, -0.2) is 30.5 Å². The monoisotopic (exact) mass is 447 g/mol. The number of carbonyl (C=O) groups is 1. The molecule has 2 aromatic carbocycles. The molecule has 3 heterocycles. The Kier molecular flexibility index (Phi) is 5.14. The second-order valence-corrected chi connectivity index (χ2v) is 8.34. The van der Waals surface area contributed by atoms with Gasteiger partial charge in [-0.3, -0.25) is 14.0 Å². The molecule has 0 unspecified atom stereocenters. The molecule has 2 aromatic heterocycles. The standard InChI is InChI=1S/C23H22ClN7O/c1-14-28-29-23-9-7-20(27-18-5-3-17(24)4-6-18)19-10-15(2-8-21(19)31(14)23)16-11-26-30(12-16)13-22(25)32/h2-6,8,10-12,20,27H,7,9,13H2,1H3,(H2,25,32)/t20-/m1/s1. The molecular weight excluding hydrogens is 426 g/mol. The van der Waals surface area contributed by atoms with E-state index in [0.29, 0.717) is 5.02 Å². The van der Waals surface area contributed by atoms with Crippen molar-refractivity contribution in [3.05, 3.63) is 77.1 Å². The molecule has 1 aliphatic rings. The van der Waals surface area contributed by atoms with Gasteiger partial charge in [0.1, 0.15) is 18.2 Å². The molecule has 4 aromatic rings. The fraction of sp³-hybridized carbons (Fsp3) is 0.217. The number of carbonyl (C=O) groups excluding carboxylic acids is 1. The van der Waals surface area contributed by atoms with Crippen LogP contribution in [0.4, 0.5) is 5.69 Å². The third-order valence-electron chi connectivity index (χ3n) is 5.66. The molecule has 0 aliphatic carbocycles. The number of anilines is 1. The molecule has 0 saturated carbocycles. The maximum absolute atomic E-state index is 11.2. The second kappa shape index (κ2) is 8.12. The molecule has 8 nitrogen and oxygen atoms in total. The Bertz CT molecular complexity index is 1290. The van der Waals surface area contributed by atoms with Crippen molar-refractivity contribution in [2.24, 2.45) is 5.73 Å². The third-order valence-corrected chi connectivity index (χ3v) is 5.91. The molecule has 32 heavy (non-hydrogen) atoms. The normalized spacial score (nSPS) is 15.0. The number of aromatic nitrogens is 5. The fourth-order valence-electron chi connectivity index (χ4n) is 4.18. The number of halogens is 1. The molecular formula is C23H22ClN7O. The van der Waals surface area contributed by atoms with Gasteiger partial charge in [-0.05, 0) is 60.9 Å². The van der Waals surface area contributed by atoms with Crippen molar-refractivity contribution in [2.45, 2.75) is 32.4 Å². The molecule has 0 bridgehead atoms. The molecule has 5 rings (SSSR count). The van der Waals surface area contributed by atoms with Gasteiger partial charge in [0.25, 0.3) is 0 Å². The Morgan fingerprint density at radius 3 is 2.78 bits per heavy atom. The Morgan fingerprint density at radius 2 is 2.00 bits per heavy atom. The number of benzene rings is 2. The van der Waals surface area contributed by atoms with Crippen LogP contribution in [0.1, 0.15) is 29.7 Å². The number of nitrogens with two attached hydrogens (primary N) is 1. The highest BCUT2D eigenvalue weighted by atomic mass is 35.5. The van der Waals surface area contributed by atoms with Gasteiger partial charge in [-0.15, -0.1) is 10.2 Å². The summed E-state index contributed by atoms with van der Waals surface area (Å²) < 4.78 is 3.67. The summed E-state index contributed by atoms with van der Waals surface area (Å²) in [5, 5.41) is 17.3. The van der Waals surface area contributed by atoms with Gasteiger partial charge in [0.05, 0.1) is 17.9 Å². The summed E-state index contributed by atoms with van der Waals surface area (Å²) in [5.41, 5.74) is 10.4. The smallest absolute Gasteiger partial charge is 0.239 e. The molecule has 0 spiro atoms. The summed E-state index contributed by atoms with van der Waals surface area (Å²) in [6, 6.07) is 14.1. The highest BCUT2D eigenvalue weighted by Crippen LogP contribution is 2.36. The van der Waals surface area contributed by atoms with E-state index in [2.05, 4.69) is 43.4 Å². The van der Waals surface area contributed by atoms with Crippen LogP contribution in [0.3, 0.4) is 0 Å². The van der Waals surface area contributed by atoms with Crippen LogP contribution in [0.15, 0.2) is 54.9 Å². The Hall–Kier alpha value is -3.65. The Balaban J connectivity index is 1.57. The number of primary amides is 1. The van der Waals surface area contributed by atoms with Gasteiger partial charge in [0, 0.05) is 28.9 Å². The molecule has 3 N–H and O–H groups in total. The van der Waals surface area contributed by atoms with Crippen LogP contribution in [-0.2, 0) is 17.8 Å². The fourth-order valence-corrected chi connectivity index (χ4v) is 4.31. The highest BCUT2D eigenvalue weighted by molar-refractivity contribution is 6.30. The highest BCUT2D eigenvalue weighted by Gasteiger charge is 2.25. The summed E-state index contributed by atoms with van der Waals surface area (Å²) in [5.74, 6) is 1.38. The van der Waals surface area contributed by atoms with Crippen LogP contribution in [0.25, 0.3) is 16.8 Å². The zero-order valence-electron chi connectivity index (χ0n) is 17.5. The predicted octanol–water partition coefficient (Wildman–Crippen LogP) is 3.68. The van der Waals surface area contributed by atoms with Gasteiger partial charge in [-0.25, -0.2) is 0 Å². The van der Waals surface area contributed by atoms with Gasteiger partial charge in [-0.2, -0.15) is 5.10 Å². The summed E-state index contributed by atoms with van der Waals surface area (Å²) in [6.07, 6.45) is 5.24. The van der Waals surface area contributed by atoms with Crippen molar-refractivity contribution < 1.29 is 4.79 Å². The molecule has 1 aliphatic heterocycles. The first kappa shape index (κ1) is 20.3. The van der Waals surface area contributed by atoms with Crippen LogP contribution in [0, 0.1) is 6.92 Å². The van der Waals surface area contributed by atoms with Crippen molar-refractivity contribution >= 4 is 23.2 Å². The predicted molar refractivity (Wildman–Crippen MR) is 123 cm³/mol. The number of nitrogens with zero attached hydrogens (tertiary/aromatic N) is 5. The molecule has 1 amide bonds. The molecule has 1 atom stereocenters. The van der Waals surface area contributed by atoms with Gasteiger partial charge < -0.3 is 11.1 Å². The van der Waals surface area contributed by atoms with E-state index in [9.17, 15) is 4.79 Å². The molecule has 0 saturated heterocycles. The van der Waals surface area contributed by atoms with E-state index in [1.165, 1.54) is 0 Å². The lowest BCUT2D eigenvalue weighted by atomic mass is 9.97. The van der Waals surface area contributed by atoms with Crippen molar-refractivity contribution in [3.63, 3.8) is 0 Å². The van der Waals surface area contributed by atoms with Gasteiger partial charge in [0.2, 0.25) is 5.91 Å². The minimum Gasteiger partial charge on any atom is -0.378 e. The SMILES string of the molecule is Cc1nnc2n1-c1ccc(-c3cnn(CC(N)=O)c3)cc1[C@H](Nc1ccc(Cl)cc1)CC2. The van der Waals surface area contributed by atoms with Crippen LogP contribution in [0.5, 0.6) is 0 Å². The van der Waals surface area contributed by atoms with Crippen molar-refractivity contribution in [1.82, 2.24) is 24.5 Å². The average Bonchev–Trinajstić information content (AvgIpc) is 3.34.